The van der Waals surface area contributed by atoms with E-state index in [0.717, 1.165) is 6.08 Å². The predicted molar refractivity (Wildman–Crippen MR) is 82.0 cm³/mol. The quantitative estimate of drug-likeness (QED) is 0.924. The monoisotopic (exact) mass is 300 g/mol. The number of halogens is 2. The van der Waals surface area contributed by atoms with E-state index in [1.165, 1.54) is 10.6 Å². The van der Waals surface area contributed by atoms with Crippen LogP contribution in [0.5, 0.6) is 0 Å². The van der Waals surface area contributed by atoms with Crippen LogP contribution in [0, 0.1) is 6.92 Å². The van der Waals surface area contributed by atoms with Crippen LogP contribution < -0.4 is 10.9 Å². The van der Waals surface area contributed by atoms with Crippen LogP contribution in [0.2, 0.25) is 0 Å². The van der Waals surface area contributed by atoms with Gasteiger partial charge >= 0.3 is 0 Å². The molecule has 0 bridgehead atoms. The van der Waals surface area contributed by atoms with Crippen molar-refractivity contribution in [1.82, 2.24) is 9.88 Å². The number of benzene rings is 1. The fourth-order valence-corrected chi connectivity index (χ4v) is 2.54. The lowest BCUT2D eigenvalue weighted by Gasteiger charge is -2.19. The van der Waals surface area contributed by atoms with Crippen molar-refractivity contribution >= 4 is 5.70 Å². The maximum Gasteiger partial charge on any atom is 0.255 e. The van der Waals surface area contributed by atoms with Crippen molar-refractivity contribution < 1.29 is 8.78 Å². The smallest absolute Gasteiger partial charge is 0.255 e. The van der Waals surface area contributed by atoms with E-state index in [-0.39, 0.29) is 17.8 Å². The topological polar surface area (TPSA) is 34.0 Å². The van der Waals surface area contributed by atoms with Crippen LogP contribution in [0.25, 0.3) is 11.4 Å². The van der Waals surface area contributed by atoms with E-state index in [1.807, 2.05) is 18.2 Å². The SMILES string of the molecule is Cc1c(C2=C(F)C=C(F)CN2)ccc(=O)n1-c1ccccc1. The van der Waals surface area contributed by atoms with Gasteiger partial charge < -0.3 is 5.32 Å². The lowest BCUT2D eigenvalue weighted by Crippen LogP contribution is -2.25. The van der Waals surface area contributed by atoms with Gasteiger partial charge in [0.15, 0.2) is 0 Å². The lowest BCUT2D eigenvalue weighted by molar-refractivity contribution is 0.567. The minimum atomic E-state index is -0.676. The molecule has 0 unspecified atom stereocenters. The Morgan fingerprint density at radius 1 is 1.09 bits per heavy atom. The fraction of sp³-hybridized carbons (Fsp3) is 0.118. The van der Waals surface area contributed by atoms with Gasteiger partial charge in [0.25, 0.3) is 5.56 Å². The van der Waals surface area contributed by atoms with Gasteiger partial charge in [-0.3, -0.25) is 9.36 Å². The molecule has 1 aromatic heterocycles. The molecule has 0 saturated heterocycles. The maximum absolute atomic E-state index is 14.0. The predicted octanol–water partition coefficient (Wildman–Crippen LogP) is 3.24. The zero-order valence-corrected chi connectivity index (χ0v) is 11.9. The van der Waals surface area contributed by atoms with Crippen LogP contribution >= 0.6 is 0 Å². The highest BCUT2D eigenvalue weighted by Gasteiger charge is 2.18. The molecule has 3 nitrogen and oxygen atoms in total. The summed E-state index contributed by atoms with van der Waals surface area (Å²) in [7, 11) is 0. The Hall–Kier alpha value is -2.69. The minimum absolute atomic E-state index is 0.0628. The number of nitrogens with one attached hydrogen (secondary N) is 1. The molecule has 0 spiro atoms. The summed E-state index contributed by atoms with van der Waals surface area (Å²) in [5.41, 5.74) is 1.82. The average Bonchev–Trinajstić information content (AvgIpc) is 2.50. The molecule has 1 N–H and O–H groups in total. The first-order chi connectivity index (χ1) is 10.6. The normalized spacial score (nSPS) is 14.6. The number of aromatic nitrogens is 1. The second-order valence-electron chi connectivity index (χ2n) is 5.01. The van der Waals surface area contributed by atoms with Gasteiger partial charge in [-0.2, -0.15) is 0 Å². The molecule has 2 aromatic rings. The molecule has 0 fully saturated rings. The van der Waals surface area contributed by atoms with Gasteiger partial charge in [0.05, 0.1) is 12.2 Å². The highest BCUT2D eigenvalue weighted by molar-refractivity contribution is 5.71. The second kappa shape index (κ2) is 5.60. The Morgan fingerprint density at radius 3 is 2.50 bits per heavy atom. The number of hydrogen-bond acceptors (Lipinski definition) is 2. The Bertz CT molecular complexity index is 835. The number of hydrogen-bond donors (Lipinski definition) is 1. The van der Waals surface area contributed by atoms with E-state index in [4.69, 9.17) is 0 Å². The third kappa shape index (κ3) is 2.45. The van der Waals surface area contributed by atoms with Crippen molar-refractivity contribution in [3.05, 3.63) is 81.8 Å². The Balaban J connectivity index is 2.21. The summed E-state index contributed by atoms with van der Waals surface area (Å²) in [4.78, 5) is 12.2. The lowest BCUT2D eigenvalue weighted by atomic mass is 10.1. The van der Waals surface area contributed by atoms with Crippen molar-refractivity contribution in [2.75, 3.05) is 6.54 Å². The van der Waals surface area contributed by atoms with E-state index in [1.54, 1.807) is 25.1 Å². The highest BCUT2D eigenvalue weighted by atomic mass is 19.1. The van der Waals surface area contributed by atoms with Crippen LogP contribution in [0.3, 0.4) is 0 Å². The molecule has 1 aromatic carbocycles. The zero-order valence-electron chi connectivity index (χ0n) is 11.9. The number of dihydropyridines is 1. The summed E-state index contributed by atoms with van der Waals surface area (Å²) in [6, 6.07) is 12.0. The van der Waals surface area contributed by atoms with Gasteiger partial charge in [0, 0.05) is 29.1 Å². The van der Waals surface area contributed by atoms with Crippen LogP contribution in [0.1, 0.15) is 11.3 Å². The molecule has 0 radical (unpaired) electrons. The maximum atomic E-state index is 14.0. The van der Waals surface area contributed by atoms with E-state index >= 15 is 0 Å². The van der Waals surface area contributed by atoms with Crippen molar-refractivity contribution in [2.45, 2.75) is 6.92 Å². The third-order valence-corrected chi connectivity index (χ3v) is 3.58. The van der Waals surface area contributed by atoms with E-state index in [9.17, 15) is 13.6 Å². The van der Waals surface area contributed by atoms with Crippen molar-refractivity contribution in [3.63, 3.8) is 0 Å². The third-order valence-electron chi connectivity index (χ3n) is 3.58. The van der Waals surface area contributed by atoms with Crippen molar-refractivity contribution in [3.8, 4) is 5.69 Å². The molecular formula is C17H14F2N2O. The van der Waals surface area contributed by atoms with Crippen molar-refractivity contribution in [1.29, 1.82) is 0 Å². The van der Waals surface area contributed by atoms with Gasteiger partial charge in [0.2, 0.25) is 0 Å². The number of rotatable bonds is 2. The summed E-state index contributed by atoms with van der Waals surface area (Å²) < 4.78 is 28.6. The summed E-state index contributed by atoms with van der Waals surface area (Å²) in [6.07, 6.45) is 0.864. The van der Waals surface area contributed by atoms with Crippen LogP contribution in [-0.2, 0) is 0 Å². The summed E-state index contributed by atoms with van der Waals surface area (Å²) in [5, 5.41) is 2.72. The standard InChI is InChI=1S/C17H14F2N2O/c1-11-14(17-15(19)9-12(18)10-20-17)7-8-16(22)21(11)13-5-3-2-4-6-13/h2-9,20H,10H2,1H3. The fourth-order valence-electron chi connectivity index (χ4n) is 2.54. The Morgan fingerprint density at radius 2 is 1.82 bits per heavy atom. The zero-order chi connectivity index (χ0) is 15.7. The molecule has 0 atom stereocenters. The van der Waals surface area contributed by atoms with Gasteiger partial charge in [-0.15, -0.1) is 0 Å². The molecule has 0 saturated carbocycles. The number of pyridine rings is 1. The molecule has 22 heavy (non-hydrogen) atoms. The Labute approximate surface area is 126 Å². The number of allylic oxidation sites excluding steroid dienone is 2. The van der Waals surface area contributed by atoms with E-state index in [0.29, 0.717) is 16.9 Å². The van der Waals surface area contributed by atoms with Gasteiger partial charge in [0.1, 0.15) is 11.7 Å². The first-order valence-corrected chi connectivity index (χ1v) is 6.86. The van der Waals surface area contributed by atoms with Crippen LogP contribution in [0.15, 0.2) is 65.0 Å². The average molecular weight is 300 g/mol. The number of nitrogens with zero attached hydrogens (tertiary/aromatic N) is 1. The summed E-state index contributed by atoms with van der Waals surface area (Å²) in [5.74, 6) is -1.24. The van der Waals surface area contributed by atoms with Crippen molar-refractivity contribution in [2.24, 2.45) is 0 Å². The van der Waals surface area contributed by atoms with Crippen LogP contribution in [-0.4, -0.2) is 11.1 Å². The second-order valence-corrected chi connectivity index (χ2v) is 5.01. The molecule has 1 aliphatic heterocycles. The highest BCUT2D eigenvalue weighted by Crippen LogP contribution is 2.25. The molecule has 2 heterocycles. The number of para-hydroxylation sites is 1. The van der Waals surface area contributed by atoms with E-state index in [2.05, 4.69) is 5.32 Å². The summed E-state index contributed by atoms with van der Waals surface area (Å²) in [6.45, 7) is 1.67. The first kappa shape index (κ1) is 14.3. The Kier molecular flexibility index (Phi) is 3.63. The van der Waals surface area contributed by atoms with Gasteiger partial charge in [-0.05, 0) is 25.1 Å². The van der Waals surface area contributed by atoms with Crippen LogP contribution in [0.4, 0.5) is 8.78 Å². The van der Waals surface area contributed by atoms with Gasteiger partial charge in [-0.25, -0.2) is 8.78 Å². The molecule has 5 heteroatoms. The largest absolute Gasteiger partial charge is 0.376 e. The molecular weight excluding hydrogens is 286 g/mol. The molecule has 0 amide bonds. The van der Waals surface area contributed by atoms with E-state index < -0.39 is 11.7 Å². The molecule has 1 aliphatic rings. The van der Waals surface area contributed by atoms with Gasteiger partial charge in [-0.1, -0.05) is 18.2 Å². The minimum Gasteiger partial charge on any atom is -0.376 e. The molecule has 0 aliphatic carbocycles. The first-order valence-electron chi connectivity index (χ1n) is 6.86. The molecule has 3 rings (SSSR count). The molecule has 112 valence electrons. The summed E-state index contributed by atoms with van der Waals surface area (Å²) >= 11 is 0.